The highest BCUT2D eigenvalue weighted by molar-refractivity contribution is 5.85. The number of hydrogen-bond donors (Lipinski definition) is 2. The van der Waals surface area contributed by atoms with Crippen LogP contribution in [0.4, 0.5) is 0 Å². The van der Waals surface area contributed by atoms with Gasteiger partial charge in [0.1, 0.15) is 0 Å². The number of nitrogens with one attached hydrogen (secondary N) is 1. The fourth-order valence-corrected chi connectivity index (χ4v) is 3.07. The minimum absolute atomic E-state index is 0.00705. The molecule has 3 N–H and O–H groups in total. The van der Waals surface area contributed by atoms with Crippen molar-refractivity contribution in [2.45, 2.75) is 19.3 Å². The van der Waals surface area contributed by atoms with Gasteiger partial charge in [0.05, 0.1) is 0 Å². The van der Waals surface area contributed by atoms with E-state index >= 15 is 0 Å². The number of benzene rings is 2. The first-order valence-corrected chi connectivity index (χ1v) is 6.76. The molecule has 2 nitrogen and oxygen atoms in total. The van der Waals surface area contributed by atoms with E-state index in [4.69, 9.17) is 11.1 Å². The predicted octanol–water partition coefficient (Wildman–Crippen LogP) is 3.94. The van der Waals surface area contributed by atoms with Crippen molar-refractivity contribution in [3.63, 3.8) is 0 Å². The van der Waals surface area contributed by atoms with Crippen LogP contribution in [0.25, 0.3) is 16.8 Å². The van der Waals surface area contributed by atoms with Crippen LogP contribution in [0.5, 0.6) is 0 Å². The van der Waals surface area contributed by atoms with Gasteiger partial charge in [-0.15, -0.1) is 0 Å². The maximum absolute atomic E-state index is 7.14. The van der Waals surface area contributed by atoms with Crippen LogP contribution in [0.3, 0.4) is 0 Å². The van der Waals surface area contributed by atoms with Crippen LogP contribution in [0.15, 0.2) is 48.5 Å². The van der Waals surface area contributed by atoms with Gasteiger partial charge in [-0.05, 0) is 40.0 Å². The average molecular weight is 262 g/mol. The topological polar surface area (TPSA) is 49.9 Å². The number of hydrogen-bond acceptors (Lipinski definition) is 2. The highest BCUT2D eigenvalue weighted by Gasteiger charge is 2.35. The lowest BCUT2D eigenvalue weighted by Crippen LogP contribution is -2.15. The van der Waals surface area contributed by atoms with Gasteiger partial charge in [-0.1, -0.05) is 50.2 Å². The molecule has 1 aliphatic rings. The molecule has 0 saturated carbocycles. The molecule has 0 fully saturated rings. The predicted molar refractivity (Wildman–Crippen MR) is 85.0 cm³/mol. The molecular formula is C18H18N2. The Morgan fingerprint density at radius 1 is 1.05 bits per heavy atom. The van der Waals surface area contributed by atoms with Crippen molar-refractivity contribution in [1.29, 1.82) is 5.41 Å². The summed E-state index contributed by atoms with van der Waals surface area (Å²) in [6.45, 7) is 4.50. The van der Waals surface area contributed by atoms with E-state index in [1.54, 1.807) is 6.08 Å². The van der Waals surface area contributed by atoms with Crippen LogP contribution in [-0.2, 0) is 5.41 Å². The van der Waals surface area contributed by atoms with Gasteiger partial charge in [0.15, 0.2) is 0 Å². The van der Waals surface area contributed by atoms with Crippen molar-refractivity contribution < 1.29 is 0 Å². The van der Waals surface area contributed by atoms with Gasteiger partial charge in [0, 0.05) is 17.3 Å². The van der Waals surface area contributed by atoms with Crippen molar-refractivity contribution in [2.24, 2.45) is 5.73 Å². The van der Waals surface area contributed by atoms with Crippen molar-refractivity contribution in [3.8, 4) is 11.1 Å². The van der Waals surface area contributed by atoms with Crippen LogP contribution < -0.4 is 5.73 Å². The number of allylic oxidation sites excluding steroid dienone is 1. The van der Waals surface area contributed by atoms with Gasteiger partial charge in [0.2, 0.25) is 0 Å². The van der Waals surface area contributed by atoms with Gasteiger partial charge in [0.25, 0.3) is 0 Å². The van der Waals surface area contributed by atoms with E-state index in [-0.39, 0.29) is 5.41 Å². The van der Waals surface area contributed by atoms with Gasteiger partial charge in [-0.2, -0.15) is 0 Å². The first kappa shape index (κ1) is 12.7. The maximum atomic E-state index is 7.14. The second kappa shape index (κ2) is 4.34. The summed E-state index contributed by atoms with van der Waals surface area (Å²) in [5.74, 6) is 0. The fourth-order valence-electron chi connectivity index (χ4n) is 3.07. The highest BCUT2D eigenvalue weighted by atomic mass is 14.6. The molecule has 100 valence electrons. The Balaban J connectivity index is 2.22. The third-order valence-electron chi connectivity index (χ3n) is 4.18. The van der Waals surface area contributed by atoms with E-state index in [1.807, 2.05) is 6.07 Å². The molecule has 0 aliphatic heterocycles. The van der Waals surface area contributed by atoms with E-state index in [2.05, 4.69) is 50.2 Å². The van der Waals surface area contributed by atoms with Crippen LogP contribution >= 0.6 is 0 Å². The molecule has 0 amide bonds. The molecule has 2 aromatic carbocycles. The summed E-state index contributed by atoms with van der Waals surface area (Å²) in [5, 5.41) is 7.14. The fraction of sp³-hybridized carbons (Fsp3) is 0.167. The maximum Gasteiger partial charge on any atom is 0.0402 e. The molecule has 0 atom stereocenters. The van der Waals surface area contributed by atoms with Gasteiger partial charge < -0.3 is 11.1 Å². The molecule has 0 unspecified atom stereocenters. The standard InChI is InChI=1S/C18H18N2/c1-18(2)15-6-4-3-5-13(15)14-8-7-12(11-16(14)18)17(20)9-10-19/h3-11,19H,20H2,1-2H3. The Labute approximate surface area is 119 Å². The Kier molecular flexibility index (Phi) is 2.75. The highest BCUT2D eigenvalue weighted by Crippen LogP contribution is 2.48. The molecule has 0 heterocycles. The number of fused-ring (bicyclic) bond motifs is 3. The zero-order valence-electron chi connectivity index (χ0n) is 11.8. The Bertz CT molecular complexity index is 724. The largest absolute Gasteiger partial charge is 0.398 e. The summed E-state index contributed by atoms with van der Waals surface area (Å²) in [4.78, 5) is 0. The zero-order chi connectivity index (χ0) is 14.3. The average Bonchev–Trinajstić information content (AvgIpc) is 2.68. The summed E-state index contributed by atoms with van der Waals surface area (Å²) in [6.07, 6.45) is 2.85. The summed E-state index contributed by atoms with van der Waals surface area (Å²) in [5.41, 5.74) is 12.9. The van der Waals surface area contributed by atoms with Crippen molar-refractivity contribution >= 4 is 11.9 Å². The van der Waals surface area contributed by atoms with Crippen LogP contribution in [0, 0.1) is 5.41 Å². The lowest BCUT2D eigenvalue weighted by molar-refractivity contribution is 0.660. The van der Waals surface area contributed by atoms with Gasteiger partial charge >= 0.3 is 0 Å². The second-order valence-electron chi connectivity index (χ2n) is 5.72. The SMILES string of the molecule is CC1(C)c2ccccc2-c2ccc(C(N)=CC=N)cc21. The minimum atomic E-state index is -0.00705. The van der Waals surface area contributed by atoms with Crippen molar-refractivity contribution in [1.82, 2.24) is 0 Å². The second-order valence-corrected chi connectivity index (χ2v) is 5.72. The molecule has 0 bridgehead atoms. The molecule has 1 aliphatic carbocycles. The molecule has 0 aromatic heterocycles. The first-order chi connectivity index (χ1) is 9.55. The molecule has 0 radical (unpaired) electrons. The normalized spacial score (nSPS) is 15.6. The first-order valence-electron chi connectivity index (χ1n) is 6.76. The van der Waals surface area contributed by atoms with Gasteiger partial charge in [-0.3, -0.25) is 0 Å². The van der Waals surface area contributed by atoms with Crippen LogP contribution in [-0.4, -0.2) is 6.21 Å². The Morgan fingerprint density at radius 3 is 2.50 bits per heavy atom. The van der Waals surface area contributed by atoms with E-state index in [0.717, 1.165) is 5.56 Å². The van der Waals surface area contributed by atoms with Crippen molar-refractivity contribution in [3.05, 3.63) is 65.2 Å². The Hall–Kier alpha value is -2.35. The van der Waals surface area contributed by atoms with E-state index in [9.17, 15) is 0 Å². The zero-order valence-corrected chi connectivity index (χ0v) is 11.8. The third-order valence-corrected chi connectivity index (χ3v) is 4.18. The molecule has 3 rings (SSSR count). The Morgan fingerprint density at radius 2 is 1.75 bits per heavy atom. The monoisotopic (exact) mass is 262 g/mol. The van der Waals surface area contributed by atoms with Crippen molar-refractivity contribution in [2.75, 3.05) is 0 Å². The molecule has 2 aromatic rings. The number of nitrogens with two attached hydrogens (primary N) is 1. The van der Waals surface area contributed by atoms with E-state index in [0.29, 0.717) is 5.70 Å². The van der Waals surface area contributed by atoms with Gasteiger partial charge in [-0.25, -0.2) is 0 Å². The van der Waals surface area contributed by atoms with E-state index < -0.39 is 0 Å². The summed E-state index contributed by atoms with van der Waals surface area (Å²) in [7, 11) is 0. The molecule has 0 spiro atoms. The minimum Gasteiger partial charge on any atom is -0.398 e. The lowest BCUT2D eigenvalue weighted by Gasteiger charge is -2.21. The smallest absolute Gasteiger partial charge is 0.0402 e. The quantitative estimate of drug-likeness (QED) is 0.791. The molecule has 2 heteroatoms. The summed E-state index contributed by atoms with van der Waals surface area (Å²) >= 11 is 0. The van der Waals surface area contributed by atoms with Crippen LogP contribution in [0.1, 0.15) is 30.5 Å². The lowest BCUT2D eigenvalue weighted by atomic mass is 9.82. The van der Waals surface area contributed by atoms with E-state index in [1.165, 1.54) is 28.5 Å². The summed E-state index contributed by atoms with van der Waals surface area (Å²) in [6, 6.07) is 14.9. The molecule has 0 saturated heterocycles. The third kappa shape index (κ3) is 1.68. The molecular weight excluding hydrogens is 244 g/mol. The summed E-state index contributed by atoms with van der Waals surface area (Å²) < 4.78 is 0. The van der Waals surface area contributed by atoms with Crippen LogP contribution in [0.2, 0.25) is 0 Å². The number of rotatable bonds is 2. The molecule has 20 heavy (non-hydrogen) atoms.